The lowest BCUT2D eigenvalue weighted by Crippen LogP contribution is -2.00. The van der Waals surface area contributed by atoms with Gasteiger partial charge in [0, 0.05) is 5.75 Å². The lowest BCUT2D eigenvalue weighted by molar-refractivity contribution is 0.221. The minimum atomic E-state index is -0.215. The zero-order valence-corrected chi connectivity index (χ0v) is 5.30. The molecule has 1 unspecified atom stereocenters. The van der Waals surface area contributed by atoms with Crippen LogP contribution < -0.4 is 0 Å². The van der Waals surface area contributed by atoms with Crippen LogP contribution in [0.25, 0.3) is 0 Å². The Labute approximate surface area is 46.9 Å². The Morgan fingerprint density at radius 3 is 2.50 bits per heavy atom. The van der Waals surface area contributed by atoms with Gasteiger partial charge >= 0.3 is 0 Å². The summed E-state index contributed by atoms with van der Waals surface area (Å²) < 4.78 is 0. The Morgan fingerprint density at radius 1 is 2.00 bits per heavy atom. The topological polar surface area (TPSA) is 20.2 Å². The van der Waals surface area contributed by atoms with Crippen molar-refractivity contribution in [3.8, 4) is 0 Å². The quantitative estimate of drug-likeness (QED) is 0.422. The van der Waals surface area contributed by atoms with E-state index in [0.29, 0.717) is 5.75 Å². The average molecular weight is 124 g/mol. The van der Waals surface area contributed by atoms with Crippen LogP contribution in [0, 0.1) is 0 Å². The molecule has 0 aromatic heterocycles. The number of hydrogen-bond acceptors (Lipinski definition) is 3. The monoisotopic (exact) mass is 124 g/mol. The summed E-state index contributed by atoms with van der Waals surface area (Å²) >= 11 is 3.82. The highest BCUT2D eigenvalue weighted by molar-refractivity contribution is 8.68. The maximum atomic E-state index is 8.48. The van der Waals surface area contributed by atoms with E-state index in [1.54, 1.807) is 6.92 Å². The zero-order chi connectivity index (χ0) is 4.99. The standard InChI is InChI=1S/C3H8OS2/c1-3(4)2-6-5/h3-5H,2H2,1H3. The Balaban J connectivity index is 2.63. The fraction of sp³-hybridized carbons (Fsp3) is 1.00. The molecule has 0 aliphatic carbocycles. The maximum absolute atomic E-state index is 8.48. The van der Waals surface area contributed by atoms with Crippen LogP contribution in [0.15, 0.2) is 0 Å². The maximum Gasteiger partial charge on any atom is 0.0610 e. The molecule has 0 fully saturated rings. The molecule has 1 atom stereocenters. The predicted molar refractivity (Wildman–Crippen MR) is 33.1 cm³/mol. The Morgan fingerprint density at radius 2 is 2.50 bits per heavy atom. The molecular formula is C3H8OS2. The van der Waals surface area contributed by atoms with Gasteiger partial charge in [0.05, 0.1) is 6.10 Å². The Bertz CT molecular complexity index is 30.0. The number of hydrogen-bond donors (Lipinski definition) is 2. The van der Waals surface area contributed by atoms with Crippen LogP contribution in [0.3, 0.4) is 0 Å². The van der Waals surface area contributed by atoms with E-state index >= 15 is 0 Å². The van der Waals surface area contributed by atoms with E-state index in [-0.39, 0.29) is 6.10 Å². The summed E-state index contributed by atoms with van der Waals surface area (Å²) in [5, 5.41) is 8.48. The fourth-order valence-electron chi connectivity index (χ4n) is 0.108. The summed E-state index contributed by atoms with van der Waals surface area (Å²) in [6.07, 6.45) is -0.215. The summed E-state index contributed by atoms with van der Waals surface area (Å²) in [5.74, 6) is 0.711. The van der Waals surface area contributed by atoms with Crippen molar-refractivity contribution in [1.29, 1.82) is 0 Å². The SMILES string of the molecule is CC(O)CSS. The Kier molecular flexibility index (Phi) is 4.26. The molecular weight excluding hydrogens is 116 g/mol. The van der Waals surface area contributed by atoms with Crippen molar-refractivity contribution in [2.24, 2.45) is 0 Å². The first-order valence-corrected chi connectivity index (χ1v) is 3.75. The molecule has 3 heteroatoms. The number of aliphatic hydroxyl groups is 1. The minimum Gasteiger partial charge on any atom is -0.393 e. The first-order valence-electron chi connectivity index (χ1n) is 1.72. The van der Waals surface area contributed by atoms with Gasteiger partial charge < -0.3 is 5.11 Å². The smallest absolute Gasteiger partial charge is 0.0610 e. The van der Waals surface area contributed by atoms with Crippen molar-refractivity contribution in [1.82, 2.24) is 0 Å². The van der Waals surface area contributed by atoms with Crippen molar-refractivity contribution >= 4 is 22.5 Å². The molecule has 0 heterocycles. The van der Waals surface area contributed by atoms with Gasteiger partial charge in [0.25, 0.3) is 0 Å². The molecule has 0 aliphatic heterocycles. The third-order valence-electron chi connectivity index (χ3n) is 0.316. The van der Waals surface area contributed by atoms with Crippen molar-refractivity contribution in [3.63, 3.8) is 0 Å². The molecule has 0 saturated carbocycles. The summed E-state index contributed by atoms with van der Waals surface area (Å²) in [6, 6.07) is 0. The summed E-state index contributed by atoms with van der Waals surface area (Å²) in [5.41, 5.74) is 0. The van der Waals surface area contributed by atoms with Gasteiger partial charge in [-0.1, -0.05) is 10.8 Å². The molecule has 0 bridgehead atoms. The molecule has 1 N–H and O–H groups in total. The molecule has 0 aliphatic rings. The van der Waals surface area contributed by atoms with Crippen LogP contribution in [0.1, 0.15) is 6.92 Å². The first kappa shape index (κ1) is 6.66. The van der Waals surface area contributed by atoms with E-state index in [1.165, 1.54) is 10.8 Å². The van der Waals surface area contributed by atoms with Crippen LogP contribution in [0.5, 0.6) is 0 Å². The van der Waals surface area contributed by atoms with E-state index in [2.05, 4.69) is 11.7 Å². The highest BCUT2D eigenvalue weighted by Crippen LogP contribution is 2.05. The van der Waals surface area contributed by atoms with E-state index in [0.717, 1.165) is 0 Å². The van der Waals surface area contributed by atoms with Crippen molar-refractivity contribution in [3.05, 3.63) is 0 Å². The van der Waals surface area contributed by atoms with Gasteiger partial charge in [0.2, 0.25) is 0 Å². The van der Waals surface area contributed by atoms with Crippen LogP contribution in [-0.4, -0.2) is 17.0 Å². The fourth-order valence-corrected chi connectivity index (χ4v) is 0.971. The lowest BCUT2D eigenvalue weighted by atomic mass is 10.5. The number of aliphatic hydroxyl groups excluding tert-OH is 1. The highest BCUT2D eigenvalue weighted by atomic mass is 33.1. The van der Waals surface area contributed by atoms with Gasteiger partial charge in [-0.3, -0.25) is 0 Å². The second-order valence-electron chi connectivity index (χ2n) is 1.14. The Hall–Kier alpha value is 0.660. The third kappa shape index (κ3) is 4.66. The number of rotatable bonds is 2. The van der Waals surface area contributed by atoms with Crippen LogP contribution >= 0.6 is 22.5 Å². The van der Waals surface area contributed by atoms with Gasteiger partial charge in [-0.15, -0.1) is 11.7 Å². The largest absolute Gasteiger partial charge is 0.393 e. The highest BCUT2D eigenvalue weighted by Gasteiger charge is 1.88. The predicted octanol–water partition coefficient (Wildman–Crippen LogP) is 0.945. The van der Waals surface area contributed by atoms with E-state index < -0.39 is 0 Å². The van der Waals surface area contributed by atoms with E-state index in [1.807, 2.05) is 0 Å². The molecule has 0 aromatic rings. The zero-order valence-electron chi connectivity index (χ0n) is 3.59. The second-order valence-corrected chi connectivity index (χ2v) is 2.51. The molecule has 38 valence electrons. The van der Waals surface area contributed by atoms with Gasteiger partial charge in [-0.25, -0.2) is 0 Å². The van der Waals surface area contributed by atoms with Gasteiger partial charge in [-0.2, -0.15) is 0 Å². The van der Waals surface area contributed by atoms with E-state index in [9.17, 15) is 0 Å². The van der Waals surface area contributed by atoms with Crippen LogP contribution in [0.2, 0.25) is 0 Å². The summed E-state index contributed by atoms with van der Waals surface area (Å²) in [6.45, 7) is 1.74. The molecule has 6 heavy (non-hydrogen) atoms. The van der Waals surface area contributed by atoms with Gasteiger partial charge in [0.1, 0.15) is 0 Å². The average Bonchev–Trinajstić information content (AvgIpc) is 1.35. The lowest BCUT2D eigenvalue weighted by Gasteiger charge is -1.94. The molecule has 0 aromatic carbocycles. The second kappa shape index (κ2) is 3.84. The molecule has 0 saturated heterocycles. The molecule has 1 nitrogen and oxygen atoms in total. The number of thiol groups is 1. The van der Waals surface area contributed by atoms with Crippen LogP contribution in [0.4, 0.5) is 0 Å². The van der Waals surface area contributed by atoms with Crippen molar-refractivity contribution in [2.45, 2.75) is 13.0 Å². The molecule has 0 spiro atoms. The van der Waals surface area contributed by atoms with Crippen molar-refractivity contribution < 1.29 is 5.11 Å². The minimum absolute atomic E-state index is 0.215. The molecule has 0 rings (SSSR count). The van der Waals surface area contributed by atoms with Crippen molar-refractivity contribution in [2.75, 3.05) is 5.75 Å². The third-order valence-corrected chi connectivity index (χ3v) is 1.39. The van der Waals surface area contributed by atoms with Crippen LogP contribution in [-0.2, 0) is 0 Å². The van der Waals surface area contributed by atoms with Gasteiger partial charge in [-0.05, 0) is 6.92 Å². The molecule has 0 radical (unpaired) electrons. The molecule has 0 amide bonds. The summed E-state index contributed by atoms with van der Waals surface area (Å²) in [7, 11) is 1.35. The van der Waals surface area contributed by atoms with Gasteiger partial charge in [0.15, 0.2) is 0 Å². The normalized spacial score (nSPS) is 14.5. The van der Waals surface area contributed by atoms with E-state index in [4.69, 9.17) is 5.11 Å². The summed E-state index contributed by atoms with van der Waals surface area (Å²) in [4.78, 5) is 0. The first-order chi connectivity index (χ1) is 2.77.